The van der Waals surface area contributed by atoms with E-state index >= 15 is 0 Å². The van der Waals surface area contributed by atoms with E-state index in [1.165, 1.54) is 25.3 Å². The monoisotopic (exact) mass is 337 g/mol. The molecular weight excluding hydrogens is 317 g/mol. The van der Waals surface area contributed by atoms with E-state index in [2.05, 4.69) is 5.32 Å². The van der Waals surface area contributed by atoms with E-state index in [0.717, 1.165) is 16.8 Å². The number of hydrogen-bond donors (Lipinski definition) is 2. The fraction of sp³-hybridized carbons (Fsp3) is 0.381. The van der Waals surface area contributed by atoms with Crippen molar-refractivity contribution < 1.29 is 14.3 Å². The molecule has 2 saturated carbocycles. The number of halogens is 1. The molecule has 5 rings (SSSR count). The molecule has 5 unspecified atom stereocenters. The highest BCUT2D eigenvalue weighted by atomic mass is 19.1. The summed E-state index contributed by atoms with van der Waals surface area (Å²) in [5, 5.41) is 12.9. The van der Waals surface area contributed by atoms with Gasteiger partial charge in [0.05, 0.1) is 11.6 Å². The molecule has 3 aliphatic rings. The molecule has 1 aliphatic heterocycles. The number of anilines is 1. The number of benzene rings is 2. The smallest absolute Gasteiger partial charge is 0.335 e. The van der Waals surface area contributed by atoms with Gasteiger partial charge in [0, 0.05) is 11.3 Å². The molecule has 1 heterocycles. The quantitative estimate of drug-likeness (QED) is 0.826. The molecule has 0 saturated heterocycles. The number of carboxylic acid groups (broad SMARTS) is 1. The van der Waals surface area contributed by atoms with Crippen molar-refractivity contribution >= 4 is 11.7 Å². The van der Waals surface area contributed by atoms with Crippen LogP contribution in [0.5, 0.6) is 0 Å². The molecule has 5 atom stereocenters. The zero-order valence-electron chi connectivity index (χ0n) is 13.8. The Morgan fingerprint density at radius 3 is 2.68 bits per heavy atom. The van der Waals surface area contributed by atoms with Crippen molar-refractivity contribution in [3.8, 4) is 0 Å². The zero-order valence-corrected chi connectivity index (χ0v) is 13.8. The third-order valence-electron chi connectivity index (χ3n) is 6.57. The number of carboxylic acids is 1. The van der Waals surface area contributed by atoms with Crippen LogP contribution >= 0.6 is 0 Å². The van der Waals surface area contributed by atoms with Gasteiger partial charge in [-0.1, -0.05) is 18.2 Å². The molecule has 2 bridgehead atoms. The van der Waals surface area contributed by atoms with E-state index in [1.54, 1.807) is 12.1 Å². The highest BCUT2D eigenvalue weighted by Crippen LogP contribution is 2.63. The Hall–Kier alpha value is -2.36. The summed E-state index contributed by atoms with van der Waals surface area (Å²) in [4.78, 5) is 11.4. The molecule has 2 aliphatic carbocycles. The van der Waals surface area contributed by atoms with Gasteiger partial charge in [-0.05, 0) is 72.8 Å². The lowest BCUT2D eigenvalue weighted by Gasteiger charge is -2.43. The largest absolute Gasteiger partial charge is 0.478 e. The minimum Gasteiger partial charge on any atom is -0.478 e. The van der Waals surface area contributed by atoms with Gasteiger partial charge in [0.25, 0.3) is 0 Å². The Morgan fingerprint density at radius 1 is 1.08 bits per heavy atom. The van der Waals surface area contributed by atoms with Crippen LogP contribution in [0.1, 0.15) is 52.7 Å². The summed E-state index contributed by atoms with van der Waals surface area (Å²) < 4.78 is 14.5. The van der Waals surface area contributed by atoms with Gasteiger partial charge < -0.3 is 10.4 Å². The van der Waals surface area contributed by atoms with Gasteiger partial charge >= 0.3 is 5.97 Å². The van der Waals surface area contributed by atoms with Gasteiger partial charge in [-0.2, -0.15) is 0 Å². The van der Waals surface area contributed by atoms with Crippen LogP contribution in [0, 0.1) is 23.6 Å². The van der Waals surface area contributed by atoms with Crippen LogP contribution in [0.4, 0.5) is 10.1 Å². The molecule has 0 amide bonds. The maximum atomic E-state index is 14.5. The second-order valence-corrected chi connectivity index (χ2v) is 7.69. The van der Waals surface area contributed by atoms with Crippen LogP contribution in [0.2, 0.25) is 0 Å². The molecule has 2 aromatic carbocycles. The van der Waals surface area contributed by atoms with Crippen LogP contribution < -0.4 is 5.32 Å². The van der Waals surface area contributed by atoms with Gasteiger partial charge in [0.1, 0.15) is 5.82 Å². The minimum absolute atomic E-state index is 0.0373. The number of carbonyl (C=O) groups is 1. The van der Waals surface area contributed by atoms with E-state index < -0.39 is 5.97 Å². The molecule has 0 spiro atoms. The van der Waals surface area contributed by atoms with Gasteiger partial charge in [0.2, 0.25) is 0 Å². The predicted octanol–water partition coefficient (Wildman–Crippen LogP) is 4.82. The predicted molar refractivity (Wildman–Crippen MR) is 93.2 cm³/mol. The summed E-state index contributed by atoms with van der Waals surface area (Å²) in [7, 11) is 0. The molecule has 2 N–H and O–H groups in total. The van der Waals surface area contributed by atoms with E-state index in [-0.39, 0.29) is 11.9 Å². The van der Waals surface area contributed by atoms with Gasteiger partial charge in [-0.3, -0.25) is 0 Å². The first-order chi connectivity index (χ1) is 12.1. The van der Waals surface area contributed by atoms with E-state index in [9.17, 15) is 14.3 Å². The van der Waals surface area contributed by atoms with Crippen LogP contribution in [0.3, 0.4) is 0 Å². The van der Waals surface area contributed by atoms with Crippen molar-refractivity contribution in [1.82, 2.24) is 0 Å². The fourth-order valence-corrected chi connectivity index (χ4v) is 5.66. The van der Waals surface area contributed by atoms with Crippen molar-refractivity contribution in [1.29, 1.82) is 0 Å². The highest BCUT2D eigenvalue weighted by Gasteiger charge is 2.54. The molecule has 2 fully saturated rings. The number of aromatic carboxylic acids is 1. The average Bonchev–Trinajstić information content (AvgIpc) is 3.23. The van der Waals surface area contributed by atoms with Gasteiger partial charge in [-0.25, -0.2) is 9.18 Å². The Balaban J connectivity index is 1.65. The number of fused-ring (bicyclic) bond motifs is 7. The van der Waals surface area contributed by atoms with Crippen molar-refractivity contribution in [2.45, 2.75) is 31.2 Å². The lowest BCUT2D eigenvalue weighted by atomic mass is 9.68. The van der Waals surface area contributed by atoms with E-state index in [4.69, 9.17) is 0 Å². The molecule has 3 nitrogen and oxygen atoms in total. The SMILES string of the molecule is O=C(O)c1ccc2c(c1)C1C3CCC(C3)C1C(c1ccccc1F)N2. The minimum atomic E-state index is -0.890. The molecule has 2 aromatic rings. The summed E-state index contributed by atoms with van der Waals surface area (Å²) in [5.74, 6) is 0.805. The number of nitrogens with one attached hydrogen (secondary N) is 1. The number of rotatable bonds is 2. The summed E-state index contributed by atoms with van der Waals surface area (Å²) >= 11 is 0. The topological polar surface area (TPSA) is 49.3 Å². The van der Waals surface area contributed by atoms with Gasteiger partial charge in [-0.15, -0.1) is 0 Å². The third kappa shape index (κ3) is 2.13. The first-order valence-electron chi connectivity index (χ1n) is 9.01. The van der Waals surface area contributed by atoms with Crippen molar-refractivity contribution in [2.24, 2.45) is 17.8 Å². The zero-order chi connectivity index (χ0) is 17.1. The van der Waals surface area contributed by atoms with E-state index in [0.29, 0.717) is 29.2 Å². The lowest BCUT2D eigenvalue weighted by Crippen LogP contribution is -2.36. The standard InChI is InChI=1S/C21H20FNO2/c22-16-4-2-1-3-14(16)20-19-12-6-5-11(9-12)18(19)15-10-13(21(24)25)7-8-17(15)23-20/h1-4,7-8,10-12,18-20,23H,5-6,9H2,(H,24,25). The third-order valence-corrected chi connectivity index (χ3v) is 6.57. The first kappa shape index (κ1) is 14.9. The normalized spacial score (nSPS) is 32.0. The molecular formula is C21H20FNO2. The van der Waals surface area contributed by atoms with Crippen molar-refractivity contribution in [2.75, 3.05) is 5.32 Å². The summed E-state index contributed by atoms with van der Waals surface area (Å²) in [6, 6.07) is 12.3. The lowest BCUT2D eigenvalue weighted by molar-refractivity contribution is 0.0696. The molecule has 128 valence electrons. The van der Waals surface area contributed by atoms with Crippen LogP contribution in [-0.4, -0.2) is 11.1 Å². The van der Waals surface area contributed by atoms with Gasteiger partial charge in [0.15, 0.2) is 0 Å². The second-order valence-electron chi connectivity index (χ2n) is 7.69. The Morgan fingerprint density at radius 2 is 1.88 bits per heavy atom. The van der Waals surface area contributed by atoms with E-state index in [1.807, 2.05) is 24.3 Å². The maximum Gasteiger partial charge on any atom is 0.335 e. The second kappa shape index (κ2) is 5.32. The Labute approximate surface area is 145 Å². The van der Waals surface area contributed by atoms with Crippen LogP contribution in [0.15, 0.2) is 42.5 Å². The Kier molecular flexibility index (Phi) is 3.18. The van der Waals surface area contributed by atoms with Crippen molar-refractivity contribution in [3.63, 3.8) is 0 Å². The number of hydrogen-bond acceptors (Lipinski definition) is 2. The average molecular weight is 337 g/mol. The fourth-order valence-electron chi connectivity index (χ4n) is 5.66. The van der Waals surface area contributed by atoms with Crippen LogP contribution in [-0.2, 0) is 0 Å². The van der Waals surface area contributed by atoms with Crippen molar-refractivity contribution in [3.05, 3.63) is 65.0 Å². The molecule has 25 heavy (non-hydrogen) atoms. The highest BCUT2D eigenvalue weighted by molar-refractivity contribution is 5.88. The summed E-state index contributed by atoms with van der Waals surface area (Å²) in [6.07, 6.45) is 3.58. The molecule has 0 radical (unpaired) electrons. The molecule has 0 aromatic heterocycles. The molecule has 4 heteroatoms. The van der Waals surface area contributed by atoms with Crippen LogP contribution in [0.25, 0.3) is 0 Å². The Bertz CT molecular complexity index is 865. The summed E-state index contributed by atoms with van der Waals surface area (Å²) in [5.41, 5.74) is 3.15. The summed E-state index contributed by atoms with van der Waals surface area (Å²) in [6.45, 7) is 0. The maximum absolute atomic E-state index is 14.5. The first-order valence-corrected chi connectivity index (χ1v) is 9.01.